The fourth-order valence-corrected chi connectivity index (χ4v) is 3.53. The number of rotatable bonds is 4. The number of carbonyl (C=O) groups excluding carboxylic acids is 1. The first-order chi connectivity index (χ1) is 12.6. The number of halogens is 3. The molecule has 0 spiro atoms. The van der Waals surface area contributed by atoms with E-state index in [0.717, 1.165) is 4.90 Å². The molecule has 1 aliphatic rings. The van der Waals surface area contributed by atoms with E-state index in [4.69, 9.17) is 5.11 Å². The Balaban J connectivity index is 1.75. The van der Waals surface area contributed by atoms with Crippen LogP contribution in [-0.2, 0) is 23.2 Å². The van der Waals surface area contributed by atoms with Crippen LogP contribution in [0.4, 0.5) is 13.2 Å². The van der Waals surface area contributed by atoms with Gasteiger partial charge in [0.25, 0.3) is 0 Å². The molecule has 27 heavy (non-hydrogen) atoms. The molecule has 1 aliphatic heterocycles. The van der Waals surface area contributed by atoms with Crippen LogP contribution in [0, 0.1) is 11.8 Å². The number of amides is 1. The highest BCUT2D eigenvalue weighted by Crippen LogP contribution is 2.37. The summed E-state index contributed by atoms with van der Waals surface area (Å²) in [6, 6.07) is 6.98. The van der Waals surface area contributed by atoms with Crippen LogP contribution in [-0.4, -0.2) is 50.3 Å². The van der Waals surface area contributed by atoms with Crippen LogP contribution in [0.5, 0.6) is 0 Å². The minimum absolute atomic E-state index is 0.00391. The molecule has 3 rings (SSSR count). The molecule has 0 saturated carbocycles. The van der Waals surface area contributed by atoms with E-state index in [0.29, 0.717) is 11.0 Å². The SMILES string of the molecule is Cn1c(=O)n(CCC(=O)N2C[C@@H](C(F)(F)F)[C@H](C(=O)O)C2)c2ccccc21. The predicted molar refractivity (Wildman–Crippen MR) is 89.0 cm³/mol. The fourth-order valence-electron chi connectivity index (χ4n) is 3.53. The highest BCUT2D eigenvalue weighted by molar-refractivity contribution is 5.80. The van der Waals surface area contributed by atoms with Gasteiger partial charge in [0.05, 0.1) is 22.9 Å². The number of hydrogen-bond donors (Lipinski definition) is 1. The molecular weight excluding hydrogens is 367 g/mol. The van der Waals surface area contributed by atoms with Gasteiger partial charge in [-0.1, -0.05) is 12.1 Å². The number of aryl methyl sites for hydroxylation is 2. The molecule has 1 amide bonds. The third-order valence-corrected chi connectivity index (χ3v) is 5.01. The quantitative estimate of drug-likeness (QED) is 0.864. The van der Waals surface area contributed by atoms with Crippen LogP contribution in [0.25, 0.3) is 11.0 Å². The van der Waals surface area contributed by atoms with Crippen molar-refractivity contribution in [3.63, 3.8) is 0 Å². The van der Waals surface area contributed by atoms with Crippen LogP contribution in [0.15, 0.2) is 29.1 Å². The number of alkyl halides is 3. The van der Waals surface area contributed by atoms with Gasteiger partial charge in [0, 0.05) is 33.1 Å². The third kappa shape index (κ3) is 3.43. The minimum atomic E-state index is -4.69. The molecule has 1 aromatic heterocycles. The maximum Gasteiger partial charge on any atom is 0.394 e. The van der Waals surface area contributed by atoms with E-state index >= 15 is 0 Å². The molecule has 10 heteroatoms. The van der Waals surface area contributed by atoms with Crippen molar-refractivity contribution >= 4 is 22.9 Å². The van der Waals surface area contributed by atoms with Crippen molar-refractivity contribution in [1.29, 1.82) is 0 Å². The van der Waals surface area contributed by atoms with E-state index in [1.807, 2.05) is 0 Å². The van der Waals surface area contributed by atoms with Crippen molar-refractivity contribution in [3.05, 3.63) is 34.7 Å². The summed E-state index contributed by atoms with van der Waals surface area (Å²) in [4.78, 5) is 36.7. The predicted octanol–water partition coefficient (Wildman–Crippen LogP) is 1.45. The number of carbonyl (C=O) groups is 2. The number of carboxylic acid groups (broad SMARTS) is 1. The van der Waals surface area contributed by atoms with E-state index in [2.05, 4.69) is 0 Å². The molecule has 1 N–H and O–H groups in total. The lowest BCUT2D eigenvalue weighted by atomic mass is 9.96. The van der Waals surface area contributed by atoms with Gasteiger partial charge in [-0.3, -0.25) is 18.7 Å². The summed E-state index contributed by atoms with van der Waals surface area (Å²) in [6.45, 7) is -1.16. The maximum atomic E-state index is 13.0. The maximum absolute atomic E-state index is 13.0. The Morgan fingerprint density at radius 2 is 1.81 bits per heavy atom. The molecule has 2 atom stereocenters. The van der Waals surface area contributed by atoms with Gasteiger partial charge in [-0.2, -0.15) is 13.2 Å². The summed E-state index contributed by atoms with van der Waals surface area (Å²) >= 11 is 0. The Labute approximate surface area is 151 Å². The van der Waals surface area contributed by atoms with Gasteiger partial charge in [-0.25, -0.2) is 4.79 Å². The van der Waals surface area contributed by atoms with Crippen molar-refractivity contribution < 1.29 is 27.9 Å². The number of nitrogens with zero attached hydrogens (tertiary/aromatic N) is 3. The number of aromatic nitrogens is 2. The second-order valence-electron chi connectivity index (χ2n) is 6.62. The first kappa shape index (κ1) is 19.0. The summed E-state index contributed by atoms with van der Waals surface area (Å²) in [7, 11) is 1.59. The van der Waals surface area contributed by atoms with Crippen molar-refractivity contribution in [2.75, 3.05) is 13.1 Å². The standard InChI is InChI=1S/C17H18F3N3O4/c1-21-12-4-2-3-5-13(12)23(16(21)27)7-6-14(24)22-8-10(15(25)26)11(9-22)17(18,19)20/h2-5,10-11H,6-9H2,1H3,(H,25,26)/t10-,11-/m1/s1. The Hall–Kier alpha value is -2.78. The Morgan fingerprint density at radius 1 is 1.19 bits per heavy atom. The molecular formula is C17H18F3N3O4. The van der Waals surface area contributed by atoms with Gasteiger partial charge in [0.2, 0.25) is 5.91 Å². The number of fused-ring (bicyclic) bond motifs is 1. The van der Waals surface area contributed by atoms with Gasteiger partial charge in [0.1, 0.15) is 0 Å². The molecule has 1 aromatic carbocycles. The number of carboxylic acids is 1. The van der Waals surface area contributed by atoms with Crippen LogP contribution in [0.3, 0.4) is 0 Å². The lowest BCUT2D eigenvalue weighted by Gasteiger charge is -2.18. The van der Waals surface area contributed by atoms with E-state index in [1.54, 1.807) is 31.3 Å². The van der Waals surface area contributed by atoms with E-state index in [9.17, 15) is 27.6 Å². The normalized spacial score (nSPS) is 20.4. The van der Waals surface area contributed by atoms with Crippen molar-refractivity contribution in [2.45, 2.75) is 19.1 Å². The second-order valence-corrected chi connectivity index (χ2v) is 6.62. The Morgan fingerprint density at radius 3 is 2.37 bits per heavy atom. The molecule has 146 valence electrons. The first-order valence-corrected chi connectivity index (χ1v) is 8.32. The summed E-state index contributed by atoms with van der Waals surface area (Å²) in [6.07, 6.45) is -4.88. The molecule has 1 saturated heterocycles. The molecule has 2 heterocycles. The molecule has 2 aromatic rings. The number of hydrogen-bond acceptors (Lipinski definition) is 3. The topological polar surface area (TPSA) is 84.5 Å². The number of imidazole rings is 1. The number of para-hydroxylation sites is 2. The Bertz CT molecular complexity index is 947. The van der Waals surface area contributed by atoms with Crippen molar-refractivity contribution in [3.8, 4) is 0 Å². The van der Waals surface area contributed by atoms with E-state index in [-0.39, 0.29) is 18.7 Å². The van der Waals surface area contributed by atoms with Gasteiger partial charge >= 0.3 is 17.8 Å². The number of aliphatic carboxylic acids is 1. The van der Waals surface area contributed by atoms with Crippen molar-refractivity contribution in [2.24, 2.45) is 18.9 Å². The van der Waals surface area contributed by atoms with Crippen LogP contribution < -0.4 is 5.69 Å². The highest BCUT2D eigenvalue weighted by atomic mass is 19.4. The van der Waals surface area contributed by atoms with Crippen molar-refractivity contribution in [1.82, 2.24) is 14.0 Å². The van der Waals surface area contributed by atoms with Gasteiger partial charge < -0.3 is 10.0 Å². The fraction of sp³-hybridized carbons (Fsp3) is 0.471. The molecule has 7 nitrogen and oxygen atoms in total. The smallest absolute Gasteiger partial charge is 0.394 e. The summed E-state index contributed by atoms with van der Waals surface area (Å²) < 4.78 is 41.9. The minimum Gasteiger partial charge on any atom is -0.481 e. The average molecular weight is 385 g/mol. The molecule has 1 fully saturated rings. The third-order valence-electron chi connectivity index (χ3n) is 5.01. The van der Waals surface area contributed by atoms with Crippen LogP contribution in [0.1, 0.15) is 6.42 Å². The highest BCUT2D eigenvalue weighted by Gasteiger charge is 2.53. The van der Waals surface area contributed by atoms with Gasteiger partial charge in [0.15, 0.2) is 0 Å². The Kier molecular flexibility index (Phi) is 4.75. The zero-order valence-corrected chi connectivity index (χ0v) is 14.4. The van der Waals surface area contributed by atoms with E-state index in [1.165, 1.54) is 9.13 Å². The lowest BCUT2D eigenvalue weighted by molar-refractivity contribution is -0.188. The molecule has 0 radical (unpaired) electrons. The number of benzene rings is 1. The second kappa shape index (κ2) is 6.75. The van der Waals surface area contributed by atoms with Crippen LogP contribution in [0.2, 0.25) is 0 Å². The molecule has 0 aliphatic carbocycles. The lowest BCUT2D eigenvalue weighted by Crippen LogP contribution is -2.34. The molecule has 0 unspecified atom stereocenters. The van der Waals surface area contributed by atoms with Crippen LogP contribution >= 0.6 is 0 Å². The number of likely N-dealkylation sites (tertiary alicyclic amines) is 1. The first-order valence-electron chi connectivity index (χ1n) is 8.32. The van der Waals surface area contributed by atoms with Gasteiger partial charge in [-0.05, 0) is 12.1 Å². The zero-order chi connectivity index (χ0) is 19.9. The summed E-state index contributed by atoms with van der Waals surface area (Å²) in [5.74, 6) is -5.93. The molecule has 0 bridgehead atoms. The zero-order valence-electron chi connectivity index (χ0n) is 14.4. The summed E-state index contributed by atoms with van der Waals surface area (Å²) in [5, 5.41) is 9.03. The van der Waals surface area contributed by atoms with Gasteiger partial charge in [-0.15, -0.1) is 0 Å². The summed E-state index contributed by atoms with van der Waals surface area (Å²) in [5.41, 5.74) is 0.969. The largest absolute Gasteiger partial charge is 0.481 e. The average Bonchev–Trinajstić information content (AvgIpc) is 3.15. The van der Waals surface area contributed by atoms with E-state index < -0.39 is 43.0 Å². The monoisotopic (exact) mass is 385 g/mol.